The molecular formula is C13H17BrN2OS. The fourth-order valence-electron chi connectivity index (χ4n) is 1.96. The van der Waals surface area contributed by atoms with Crippen molar-refractivity contribution in [3.05, 3.63) is 28.7 Å². The molecule has 98 valence electrons. The van der Waals surface area contributed by atoms with E-state index in [0.29, 0.717) is 6.42 Å². The molecule has 1 aromatic carbocycles. The minimum Gasteiger partial charge on any atom is -0.341 e. The molecule has 1 aromatic rings. The highest BCUT2D eigenvalue weighted by molar-refractivity contribution is 9.10. The van der Waals surface area contributed by atoms with E-state index in [-0.39, 0.29) is 11.9 Å². The lowest BCUT2D eigenvalue weighted by molar-refractivity contribution is -0.129. The van der Waals surface area contributed by atoms with Crippen LogP contribution in [0.15, 0.2) is 33.6 Å². The van der Waals surface area contributed by atoms with E-state index >= 15 is 0 Å². The van der Waals surface area contributed by atoms with Crippen molar-refractivity contribution in [1.82, 2.24) is 4.90 Å². The maximum atomic E-state index is 11.9. The van der Waals surface area contributed by atoms with Crippen LogP contribution < -0.4 is 5.73 Å². The summed E-state index contributed by atoms with van der Waals surface area (Å²) in [6, 6.07) is 8.33. The number of thioether (sulfide) groups is 1. The first kappa shape index (κ1) is 13.9. The molecule has 1 aliphatic heterocycles. The van der Waals surface area contributed by atoms with Gasteiger partial charge in [-0.15, -0.1) is 11.8 Å². The van der Waals surface area contributed by atoms with Crippen molar-refractivity contribution in [3.63, 3.8) is 0 Å². The number of benzene rings is 1. The quantitative estimate of drug-likeness (QED) is 0.864. The van der Waals surface area contributed by atoms with Crippen molar-refractivity contribution in [2.45, 2.75) is 23.8 Å². The molecule has 0 spiro atoms. The van der Waals surface area contributed by atoms with E-state index in [4.69, 9.17) is 5.73 Å². The van der Waals surface area contributed by atoms with Gasteiger partial charge in [-0.25, -0.2) is 0 Å². The summed E-state index contributed by atoms with van der Waals surface area (Å²) < 4.78 is 1.08. The first-order valence-electron chi connectivity index (χ1n) is 6.07. The minimum atomic E-state index is 0.174. The molecule has 0 aromatic heterocycles. The molecule has 18 heavy (non-hydrogen) atoms. The highest BCUT2D eigenvalue weighted by Crippen LogP contribution is 2.21. The molecule has 1 atom stereocenters. The van der Waals surface area contributed by atoms with Crippen LogP contribution in [0.1, 0.15) is 12.8 Å². The maximum Gasteiger partial charge on any atom is 0.223 e. The average Bonchev–Trinajstić information content (AvgIpc) is 2.78. The molecule has 0 saturated carbocycles. The lowest BCUT2D eigenvalue weighted by Crippen LogP contribution is -2.31. The van der Waals surface area contributed by atoms with Gasteiger partial charge in [-0.3, -0.25) is 4.79 Å². The molecule has 5 heteroatoms. The molecule has 1 aliphatic rings. The minimum absolute atomic E-state index is 0.174. The second-order valence-electron chi connectivity index (χ2n) is 4.44. The van der Waals surface area contributed by atoms with Gasteiger partial charge in [0.25, 0.3) is 0 Å². The standard InChI is InChI=1S/C13H17BrN2OS/c14-10-1-3-12(4-2-10)18-8-6-13(17)16-7-5-11(15)9-16/h1-4,11H,5-9,15H2/t11-/m1/s1. The van der Waals surface area contributed by atoms with Crippen molar-refractivity contribution < 1.29 is 4.79 Å². The average molecular weight is 329 g/mol. The van der Waals surface area contributed by atoms with Gasteiger partial charge in [0.1, 0.15) is 0 Å². The van der Waals surface area contributed by atoms with Crippen LogP contribution in [0.25, 0.3) is 0 Å². The van der Waals surface area contributed by atoms with Crippen molar-refractivity contribution in [2.24, 2.45) is 5.73 Å². The molecule has 3 nitrogen and oxygen atoms in total. The number of carbonyl (C=O) groups is 1. The molecule has 1 saturated heterocycles. The first-order chi connectivity index (χ1) is 8.65. The van der Waals surface area contributed by atoms with E-state index < -0.39 is 0 Å². The Hall–Kier alpha value is -0.520. The van der Waals surface area contributed by atoms with Gasteiger partial charge >= 0.3 is 0 Å². The van der Waals surface area contributed by atoms with Crippen LogP contribution in [0.5, 0.6) is 0 Å². The predicted molar refractivity (Wildman–Crippen MR) is 78.7 cm³/mol. The topological polar surface area (TPSA) is 46.3 Å². The Labute approximate surface area is 120 Å². The zero-order chi connectivity index (χ0) is 13.0. The van der Waals surface area contributed by atoms with Crippen LogP contribution in [-0.2, 0) is 4.79 Å². The molecule has 1 amide bonds. The normalized spacial score (nSPS) is 19.2. The van der Waals surface area contributed by atoms with Crippen LogP contribution in [0, 0.1) is 0 Å². The van der Waals surface area contributed by atoms with Crippen LogP contribution in [0.4, 0.5) is 0 Å². The lowest BCUT2D eigenvalue weighted by Gasteiger charge is -2.15. The van der Waals surface area contributed by atoms with E-state index in [1.54, 1.807) is 11.8 Å². The van der Waals surface area contributed by atoms with Crippen molar-refractivity contribution in [2.75, 3.05) is 18.8 Å². The second kappa shape index (κ2) is 6.59. The summed E-state index contributed by atoms with van der Waals surface area (Å²) in [7, 11) is 0. The number of carbonyl (C=O) groups excluding carboxylic acids is 1. The molecule has 0 radical (unpaired) electrons. The van der Waals surface area contributed by atoms with E-state index in [2.05, 4.69) is 28.1 Å². The molecule has 2 rings (SSSR count). The summed E-state index contributed by atoms with van der Waals surface area (Å²) in [5.41, 5.74) is 5.79. The molecule has 0 aliphatic carbocycles. The summed E-state index contributed by atoms with van der Waals surface area (Å²) in [6.45, 7) is 1.55. The van der Waals surface area contributed by atoms with Gasteiger partial charge in [-0.1, -0.05) is 15.9 Å². The lowest BCUT2D eigenvalue weighted by atomic mass is 10.3. The summed E-state index contributed by atoms with van der Waals surface area (Å²) >= 11 is 5.12. The van der Waals surface area contributed by atoms with Crippen molar-refractivity contribution in [3.8, 4) is 0 Å². The number of rotatable bonds is 4. The smallest absolute Gasteiger partial charge is 0.223 e. The van der Waals surface area contributed by atoms with Gasteiger partial charge in [0, 0.05) is 40.7 Å². The second-order valence-corrected chi connectivity index (χ2v) is 6.52. The number of hydrogen-bond donors (Lipinski definition) is 1. The number of halogens is 1. The van der Waals surface area contributed by atoms with Gasteiger partial charge in [0.05, 0.1) is 0 Å². The number of likely N-dealkylation sites (tertiary alicyclic amines) is 1. The zero-order valence-corrected chi connectivity index (χ0v) is 12.5. The number of nitrogens with two attached hydrogens (primary N) is 1. The largest absolute Gasteiger partial charge is 0.341 e. The van der Waals surface area contributed by atoms with E-state index in [0.717, 1.165) is 29.7 Å². The van der Waals surface area contributed by atoms with Gasteiger partial charge < -0.3 is 10.6 Å². The molecular weight excluding hydrogens is 312 g/mol. The SMILES string of the molecule is N[C@@H]1CCN(C(=O)CCSc2ccc(Br)cc2)C1. The van der Waals surface area contributed by atoms with Crippen molar-refractivity contribution >= 4 is 33.6 Å². The molecule has 0 bridgehead atoms. The van der Waals surface area contributed by atoms with Crippen LogP contribution >= 0.6 is 27.7 Å². The van der Waals surface area contributed by atoms with Crippen LogP contribution in [-0.4, -0.2) is 35.7 Å². The Morgan fingerprint density at radius 3 is 2.78 bits per heavy atom. The van der Waals surface area contributed by atoms with E-state index in [1.165, 1.54) is 4.90 Å². The van der Waals surface area contributed by atoms with Gasteiger partial charge in [0.15, 0.2) is 0 Å². The highest BCUT2D eigenvalue weighted by Gasteiger charge is 2.22. The van der Waals surface area contributed by atoms with Gasteiger partial charge in [0.2, 0.25) is 5.91 Å². The summed E-state index contributed by atoms with van der Waals surface area (Å²) in [4.78, 5) is 15.0. The summed E-state index contributed by atoms with van der Waals surface area (Å²) in [5.74, 6) is 1.05. The van der Waals surface area contributed by atoms with Crippen LogP contribution in [0.3, 0.4) is 0 Å². The number of hydrogen-bond acceptors (Lipinski definition) is 3. The predicted octanol–water partition coefficient (Wildman–Crippen LogP) is 2.49. The zero-order valence-electron chi connectivity index (χ0n) is 10.1. The summed E-state index contributed by atoms with van der Waals surface area (Å²) in [5, 5.41) is 0. The van der Waals surface area contributed by atoms with Gasteiger partial charge in [-0.05, 0) is 30.7 Å². The Bertz CT molecular complexity index is 410. The Morgan fingerprint density at radius 2 is 2.17 bits per heavy atom. The third-order valence-electron chi connectivity index (χ3n) is 2.98. The molecule has 1 heterocycles. The first-order valence-corrected chi connectivity index (χ1v) is 7.85. The van der Waals surface area contributed by atoms with E-state index in [9.17, 15) is 4.79 Å². The van der Waals surface area contributed by atoms with Crippen molar-refractivity contribution in [1.29, 1.82) is 0 Å². The highest BCUT2D eigenvalue weighted by atomic mass is 79.9. The Balaban J connectivity index is 1.72. The maximum absolute atomic E-state index is 11.9. The van der Waals surface area contributed by atoms with Crippen LogP contribution in [0.2, 0.25) is 0 Å². The fourth-order valence-corrected chi connectivity index (χ4v) is 3.06. The summed E-state index contributed by atoms with van der Waals surface area (Å²) in [6.07, 6.45) is 1.53. The molecule has 1 fully saturated rings. The monoisotopic (exact) mass is 328 g/mol. The fraction of sp³-hybridized carbons (Fsp3) is 0.462. The third kappa shape index (κ3) is 4.00. The Kier molecular flexibility index (Phi) is 5.09. The van der Waals surface area contributed by atoms with Gasteiger partial charge in [-0.2, -0.15) is 0 Å². The molecule has 2 N–H and O–H groups in total. The number of nitrogens with zero attached hydrogens (tertiary/aromatic N) is 1. The number of amides is 1. The molecule has 0 unspecified atom stereocenters. The Morgan fingerprint density at radius 1 is 1.44 bits per heavy atom. The van der Waals surface area contributed by atoms with E-state index in [1.807, 2.05) is 17.0 Å². The third-order valence-corrected chi connectivity index (χ3v) is 4.52.